The molecular formula is C22H16F4N4O3. The first kappa shape index (κ1) is 22.1. The lowest BCUT2D eigenvalue weighted by Crippen LogP contribution is -2.15. The molecule has 0 aliphatic rings. The van der Waals surface area contributed by atoms with E-state index in [1.165, 1.54) is 32.4 Å². The number of carbonyl (C=O) groups is 1. The highest BCUT2D eigenvalue weighted by molar-refractivity contribution is 6.03. The van der Waals surface area contributed by atoms with Gasteiger partial charge in [0.1, 0.15) is 5.82 Å². The van der Waals surface area contributed by atoms with Crippen LogP contribution in [0.1, 0.15) is 16.2 Å². The number of hydrogen-bond donors (Lipinski definition) is 1. The van der Waals surface area contributed by atoms with E-state index in [1.807, 2.05) is 0 Å². The van der Waals surface area contributed by atoms with E-state index in [0.29, 0.717) is 21.7 Å². The van der Waals surface area contributed by atoms with Gasteiger partial charge >= 0.3 is 6.18 Å². The van der Waals surface area contributed by atoms with Crippen LogP contribution in [0, 0.1) is 5.82 Å². The van der Waals surface area contributed by atoms with Crippen molar-refractivity contribution in [2.75, 3.05) is 19.5 Å². The van der Waals surface area contributed by atoms with E-state index in [1.54, 1.807) is 12.1 Å². The Morgan fingerprint density at radius 3 is 2.30 bits per heavy atom. The van der Waals surface area contributed by atoms with Crippen LogP contribution in [0.2, 0.25) is 0 Å². The molecule has 2 heterocycles. The van der Waals surface area contributed by atoms with Crippen molar-refractivity contribution in [2.45, 2.75) is 6.18 Å². The highest BCUT2D eigenvalue weighted by atomic mass is 19.4. The van der Waals surface area contributed by atoms with E-state index in [-0.39, 0.29) is 22.6 Å². The van der Waals surface area contributed by atoms with Crippen LogP contribution in [0.15, 0.2) is 54.6 Å². The highest BCUT2D eigenvalue weighted by Gasteiger charge is 2.35. The summed E-state index contributed by atoms with van der Waals surface area (Å²) in [4.78, 5) is 16.9. The lowest BCUT2D eigenvalue weighted by atomic mass is 10.1. The van der Waals surface area contributed by atoms with Gasteiger partial charge in [-0.1, -0.05) is 0 Å². The van der Waals surface area contributed by atoms with Crippen LogP contribution < -0.4 is 14.8 Å². The van der Waals surface area contributed by atoms with Gasteiger partial charge in [0.05, 0.1) is 19.9 Å². The van der Waals surface area contributed by atoms with E-state index in [2.05, 4.69) is 15.4 Å². The van der Waals surface area contributed by atoms with Gasteiger partial charge < -0.3 is 14.8 Å². The predicted molar refractivity (Wildman–Crippen MR) is 111 cm³/mol. The molecule has 0 atom stereocenters. The smallest absolute Gasteiger partial charge is 0.433 e. The molecule has 0 radical (unpaired) electrons. The summed E-state index contributed by atoms with van der Waals surface area (Å²) >= 11 is 0. The second kappa shape index (κ2) is 8.41. The van der Waals surface area contributed by atoms with Gasteiger partial charge in [-0.2, -0.15) is 18.3 Å². The summed E-state index contributed by atoms with van der Waals surface area (Å²) in [5.74, 6) is -0.482. The van der Waals surface area contributed by atoms with Crippen molar-refractivity contribution in [3.8, 4) is 22.8 Å². The maximum atomic E-state index is 13.7. The second-order valence-electron chi connectivity index (χ2n) is 6.85. The van der Waals surface area contributed by atoms with E-state index in [0.717, 1.165) is 24.3 Å². The van der Waals surface area contributed by atoms with Crippen LogP contribution in [0.25, 0.3) is 16.9 Å². The second-order valence-corrected chi connectivity index (χ2v) is 6.85. The Balaban J connectivity index is 1.73. The topological polar surface area (TPSA) is 77.8 Å². The molecule has 0 spiro atoms. The van der Waals surface area contributed by atoms with Gasteiger partial charge in [-0.15, -0.1) is 0 Å². The zero-order valence-corrected chi connectivity index (χ0v) is 17.3. The Labute approximate surface area is 184 Å². The minimum atomic E-state index is -4.78. The molecule has 0 saturated heterocycles. The fourth-order valence-corrected chi connectivity index (χ4v) is 3.17. The molecule has 1 amide bonds. The average molecular weight is 460 g/mol. The molecule has 1 N–H and O–H groups in total. The Bertz CT molecular complexity index is 1330. The lowest BCUT2D eigenvalue weighted by molar-refractivity contribution is -0.142. The molecule has 2 aromatic heterocycles. The number of nitrogens with zero attached hydrogens (tertiary/aromatic N) is 3. The van der Waals surface area contributed by atoms with Crippen LogP contribution in [0.3, 0.4) is 0 Å². The molecule has 4 rings (SSSR count). The van der Waals surface area contributed by atoms with Gasteiger partial charge in [-0.3, -0.25) is 4.79 Å². The maximum absolute atomic E-state index is 13.7. The minimum absolute atomic E-state index is 0.0402. The number of nitrogens with one attached hydrogen (secondary N) is 1. The fourth-order valence-electron chi connectivity index (χ4n) is 3.17. The molecule has 0 aliphatic heterocycles. The van der Waals surface area contributed by atoms with Gasteiger partial charge in [-0.05, 0) is 42.5 Å². The summed E-state index contributed by atoms with van der Waals surface area (Å²) < 4.78 is 65.2. The SMILES string of the molecule is COc1ccc(NC(=O)c2cc3nc(-c4ccc(F)cc4)cc(C(F)(F)F)n3n2)cc1OC. The molecule has 33 heavy (non-hydrogen) atoms. The third-order valence-electron chi connectivity index (χ3n) is 4.73. The molecular weight excluding hydrogens is 444 g/mol. The first-order valence-corrected chi connectivity index (χ1v) is 9.47. The van der Waals surface area contributed by atoms with Crippen molar-refractivity contribution < 1.29 is 31.8 Å². The molecule has 170 valence electrons. The van der Waals surface area contributed by atoms with Crippen molar-refractivity contribution in [3.63, 3.8) is 0 Å². The number of ether oxygens (including phenoxy) is 2. The van der Waals surface area contributed by atoms with Crippen LogP contribution in [-0.4, -0.2) is 34.7 Å². The minimum Gasteiger partial charge on any atom is -0.493 e. The maximum Gasteiger partial charge on any atom is 0.433 e. The van der Waals surface area contributed by atoms with Gasteiger partial charge in [0.25, 0.3) is 5.91 Å². The van der Waals surface area contributed by atoms with Crippen molar-refractivity contribution >= 4 is 17.2 Å². The number of rotatable bonds is 5. The van der Waals surface area contributed by atoms with Crippen molar-refractivity contribution in [1.82, 2.24) is 14.6 Å². The number of carbonyl (C=O) groups excluding carboxylic acids is 1. The number of amides is 1. The van der Waals surface area contributed by atoms with Gasteiger partial charge in [0.15, 0.2) is 28.5 Å². The average Bonchev–Trinajstić information content (AvgIpc) is 3.22. The van der Waals surface area contributed by atoms with Crippen molar-refractivity contribution in [1.29, 1.82) is 0 Å². The van der Waals surface area contributed by atoms with Gasteiger partial charge in [-0.25, -0.2) is 13.9 Å². The molecule has 0 saturated carbocycles. The van der Waals surface area contributed by atoms with Crippen molar-refractivity contribution in [3.05, 3.63) is 71.8 Å². The molecule has 0 fully saturated rings. The summed E-state index contributed by atoms with van der Waals surface area (Å²) in [6, 6.07) is 11.4. The first-order valence-electron chi connectivity index (χ1n) is 9.47. The number of hydrogen-bond acceptors (Lipinski definition) is 5. The van der Waals surface area contributed by atoms with Gasteiger partial charge in [0, 0.05) is 23.4 Å². The molecule has 4 aromatic rings. The Morgan fingerprint density at radius 1 is 0.970 bits per heavy atom. The summed E-state index contributed by atoms with van der Waals surface area (Å²) in [5, 5.41) is 6.36. The molecule has 0 unspecified atom stereocenters. The summed E-state index contributed by atoms with van der Waals surface area (Å²) in [6.45, 7) is 0. The molecule has 11 heteroatoms. The molecule has 0 aliphatic carbocycles. The van der Waals surface area contributed by atoms with E-state index >= 15 is 0 Å². The van der Waals surface area contributed by atoms with Crippen molar-refractivity contribution in [2.24, 2.45) is 0 Å². The third-order valence-corrected chi connectivity index (χ3v) is 4.73. The Morgan fingerprint density at radius 2 is 1.67 bits per heavy atom. The molecule has 0 bridgehead atoms. The van der Waals surface area contributed by atoms with Crippen LogP contribution in [0.5, 0.6) is 11.5 Å². The summed E-state index contributed by atoms with van der Waals surface area (Å²) in [7, 11) is 2.88. The number of alkyl halides is 3. The monoisotopic (exact) mass is 460 g/mol. The predicted octanol–water partition coefficient (Wildman–Crippen LogP) is 4.82. The quantitative estimate of drug-likeness (QED) is 0.432. The lowest BCUT2D eigenvalue weighted by Gasteiger charge is -2.11. The Kier molecular flexibility index (Phi) is 5.62. The van der Waals surface area contributed by atoms with E-state index < -0.39 is 23.6 Å². The molecule has 2 aromatic carbocycles. The number of benzene rings is 2. The highest BCUT2D eigenvalue weighted by Crippen LogP contribution is 2.33. The largest absolute Gasteiger partial charge is 0.493 e. The van der Waals surface area contributed by atoms with Gasteiger partial charge in [0.2, 0.25) is 0 Å². The van der Waals surface area contributed by atoms with E-state index in [4.69, 9.17) is 9.47 Å². The number of anilines is 1. The number of halogens is 4. The first-order chi connectivity index (χ1) is 15.7. The normalized spacial score (nSPS) is 11.5. The van der Waals surface area contributed by atoms with Crippen LogP contribution >= 0.6 is 0 Å². The third kappa shape index (κ3) is 4.43. The van der Waals surface area contributed by atoms with E-state index in [9.17, 15) is 22.4 Å². The summed E-state index contributed by atoms with van der Waals surface area (Å²) in [5.41, 5.74) is -1.04. The standard InChI is InChI=1S/C22H16F4N4O3/c1-32-17-8-7-14(9-18(17)33-2)27-21(31)16-11-20-28-15(12-3-5-13(23)6-4-12)10-19(22(24,25)26)30(20)29-16/h3-11H,1-2H3,(H,27,31). The fraction of sp³-hybridized carbons (Fsp3) is 0.136. The zero-order chi connectivity index (χ0) is 23.8. The molecule has 7 nitrogen and oxygen atoms in total. The van der Waals surface area contributed by atoms with Crippen LogP contribution in [-0.2, 0) is 6.18 Å². The summed E-state index contributed by atoms with van der Waals surface area (Å²) in [6.07, 6.45) is -4.78. The van der Waals surface area contributed by atoms with Crippen LogP contribution in [0.4, 0.5) is 23.2 Å². The Hall–Kier alpha value is -4.15. The number of methoxy groups -OCH3 is 2. The number of fused-ring (bicyclic) bond motifs is 1. The zero-order valence-electron chi connectivity index (χ0n) is 17.3. The number of aromatic nitrogens is 3.